The highest BCUT2D eigenvalue weighted by Gasteiger charge is 2.35. The summed E-state index contributed by atoms with van der Waals surface area (Å²) in [4.78, 5) is 17.0. The van der Waals surface area contributed by atoms with E-state index in [-0.39, 0.29) is 30.7 Å². The third-order valence-electron chi connectivity index (χ3n) is 5.29. The average Bonchev–Trinajstić information content (AvgIpc) is 3.07. The molecule has 1 aliphatic carbocycles. The first kappa shape index (κ1) is 22.2. The van der Waals surface area contributed by atoms with Crippen LogP contribution in [0.15, 0.2) is 54.9 Å². The number of amides is 1. The van der Waals surface area contributed by atoms with Gasteiger partial charge in [0.25, 0.3) is 0 Å². The van der Waals surface area contributed by atoms with E-state index in [1.165, 1.54) is 6.42 Å². The molecule has 0 aliphatic heterocycles. The third kappa shape index (κ3) is 4.66. The second-order valence-corrected chi connectivity index (χ2v) is 7.23. The van der Waals surface area contributed by atoms with Gasteiger partial charge in [-0.15, -0.1) is 24.8 Å². The molecule has 2 aromatic carbocycles. The second-order valence-electron chi connectivity index (χ2n) is 7.23. The molecular formula is C21H26Cl2N4O. The van der Waals surface area contributed by atoms with Crippen molar-refractivity contribution < 1.29 is 4.79 Å². The number of carbonyl (C=O) groups excluding carboxylic acids is 1. The van der Waals surface area contributed by atoms with E-state index in [1.54, 1.807) is 0 Å². The van der Waals surface area contributed by atoms with Crippen LogP contribution in [0.1, 0.15) is 37.7 Å². The predicted molar refractivity (Wildman–Crippen MR) is 118 cm³/mol. The highest BCUT2D eigenvalue weighted by Crippen LogP contribution is 2.27. The molecule has 1 amide bonds. The first-order valence-electron chi connectivity index (χ1n) is 9.23. The van der Waals surface area contributed by atoms with Crippen LogP contribution in [0.4, 0.5) is 5.69 Å². The number of aromatic nitrogens is 2. The SMILES string of the molecule is Cl.Cl.NC1(C(=O)Nc2ccc(Cn3cnc4ccccc43)cc2)CCCCC1. The van der Waals surface area contributed by atoms with Gasteiger partial charge in [0.1, 0.15) is 0 Å². The van der Waals surface area contributed by atoms with Gasteiger partial charge in [-0.2, -0.15) is 0 Å². The first-order chi connectivity index (χ1) is 12.6. The summed E-state index contributed by atoms with van der Waals surface area (Å²) in [6, 6.07) is 16.1. The van der Waals surface area contributed by atoms with Gasteiger partial charge >= 0.3 is 0 Å². The van der Waals surface area contributed by atoms with Gasteiger partial charge in [0.2, 0.25) is 5.91 Å². The van der Waals surface area contributed by atoms with Crippen molar-refractivity contribution in [3.8, 4) is 0 Å². The lowest BCUT2D eigenvalue weighted by Gasteiger charge is -2.31. The number of para-hydroxylation sites is 2. The van der Waals surface area contributed by atoms with Crippen LogP contribution in [0.3, 0.4) is 0 Å². The van der Waals surface area contributed by atoms with E-state index in [0.717, 1.165) is 54.5 Å². The lowest BCUT2D eigenvalue weighted by Crippen LogP contribution is -2.52. The molecule has 7 heteroatoms. The van der Waals surface area contributed by atoms with Gasteiger partial charge in [0.05, 0.1) is 22.9 Å². The summed E-state index contributed by atoms with van der Waals surface area (Å²) in [7, 11) is 0. The number of fused-ring (bicyclic) bond motifs is 1. The molecule has 3 aromatic rings. The average molecular weight is 421 g/mol. The number of nitrogens with zero attached hydrogens (tertiary/aromatic N) is 2. The molecule has 0 radical (unpaired) electrons. The lowest BCUT2D eigenvalue weighted by molar-refractivity contribution is -0.122. The molecule has 1 fully saturated rings. The van der Waals surface area contributed by atoms with Crippen LogP contribution >= 0.6 is 24.8 Å². The Hall–Kier alpha value is -2.08. The molecule has 0 saturated heterocycles. The largest absolute Gasteiger partial charge is 0.326 e. The van der Waals surface area contributed by atoms with Crippen molar-refractivity contribution in [1.82, 2.24) is 9.55 Å². The number of hydrogen-bond acceptors (Lipinski definition) is 3. The molecule has 1 heterocycles. The van der Waals surface area contributed by atoms with E-state index in [2.05, 4.69) is 20.9 Å². The van der Waals surface area contributed by atoms with Gasteiger partial charge in [-0.3, -0.25) is 4.79 Å². The fraction of sp³-hybridized carbons (Fsp3) is 0.333. The normalized spacial score (nSPS) is 15.3. The minimum absolute atomic E-state index is 0. The van der Waals surface area contributed by atoms with Gasteiger partial charge in [-0.05, 0) is 42.7 Å². The van der Waals surface area contributed by atoms with Crippen LogP contribution in [0.25, 0.3) is 11.0 Å². The molecule has 1 aromatic heterocycles. The van der Waals surface area contributed by atoms with Crippen molar-refractivity contribution >= 4 is 47.4 Å². The number of carbonyl (C=O) groups is 1. The Kier molecular flexibility index (Phi) is 7.47. The summed E-state index contributed by atoms with van der Waals surface area (Å²) in [5.74, 6) is -0.0643. The van der Waals surface area contributed by atoms with Crippen LogP contribution in [-0.4, -0.2) is 21.0 Å². The minimum atomic E-state index is -0.716. The topological polar surface area (TPSA) is 72.9 Å². The smallest absolute Gasteiger partial charge is 0.244 e. The van der Waals surface area contributed by atoms with E-state index < -0.39 is 5.54 Å². The summed E-state index contributed by atoms with van der Waals surface area (Å²) < 4.78 is 2.12. The van der Waals surface area contributed by atoms with Crippen molar-refractivity contribution in [3.05, 3.63) is 60.4 Å². The number of hydrogen-bond donors (Lipinski definition) is 2. The summed E-state index contributed by atoms with van der Waals surface area (Å²) in [5, 5.41) is 2.98. The Morgan fingerprint density at radius 3 is 2.43 bits per heavy atom. The molecule has 1 aliphatic rings. The molecule has 0 atom stereocenters. The summed E-state index contributed by atoms with van der Waals surface area (Å²) in [6.07, 6.45) is 6.63. The zero-order valence-electron chi connectivity index (χ0n) is 15.6. The Morgan fingerprint density at radius 2 is 1.71 bits per heavy atom. The maximum atomic E-state index is 12.5. The van der Waals surface area contributed by atoms with Crippen LogP contribution in [0, 0.1) is 0 Å². The number of nitrogens with two attached hydrogens (primary N) is 1. The number of halogens is 2. The molecule has 28 heavy (non-hydrogen) atoms. The molecule has 0 unspecified atom stereocenters. The molecule has 3 N–H and O–H groups in total. The Morgan fingerprint density at radius 1 is 1.04 bits per heavy atom. The van der Waals surface area contributed by atoms with Crippen molar-refractivity contribution in [2.75, 3.05) is 5.32 Å². The minimum Gasteiger partial charge on any atom is -0.326 e. The molecular weight excluding hydrogens is 395 g/mol. The summed E-state index contributed by atoms with van der Waals surface area (Å²) >= 11 is 0. The highest BCUT2D eigenvalue weighted by molar-refractivity contribution is 5.98. The number of nitrogens with one attached hydrogen (secondary N) is 1. The van der Waals surface area contributed by atoms with Crippen molar-refractivity contribution in [3.63, 3.8) is 0 Å². The van der Waals surface area contributed by atoms with Gasteiger partial charge < -0.3 is 15.6 Å². The molecule has 5 nitrogen and oxygen atoms in total. The number of anilines is 1. The zero-order chi connectivity index (χ0) is 18.0. The monoisotopic (exact) mass is 420 g/mol. The Bertz CT molecular complexity index is 918. The predicted octanol–water partition coefficient (Wildman–Crippen LogP) is 4.53. The van der Waals surface area contributed by atoms with Gasteiger partial charge in [0.15, 0.2) is 0 Å². The van der Waals surface area contributed by atoms with Crippen molar-refractivity contribution in [2.45, 2.75) is 44.2 Å². The molecule has 150 valence electrons. The summed E-state index contributed by atoms with van der Waals surface area (Å²) in [6.45, 7) is 0.746. The van der Waals surface area contributed by atoms with Crippen LogP contribution in [0.2, 0.25) is 0 Å². The first-order valence-corrected chi connectivity index (χ1v) is 9.23. The van der Waals surface area contributed by atoms with Crippen molar-refractivity contribution in [2.24, 2.45) is 5.73 Å². The second kappa shape index (κ2) is 9.41. The highest BCUT2D eigenvalue weighted by atomic mass is 35.5. The van der Waals surface area contributed by atoms with Crippen molar-refractivity contribution in [1.29, 1.82) is 0 Å². The van der Waals surface area contributed by atoms with E-state index >= 15 is 0 Å². The molecule has 0 spiro atoms. The van der Waals surface area contributed by atoms with E-state index in [4.69, 9.17) is 5.73 Å². The van der Waals surface area contributed by atoms with Gasteiger partial charge in [0, 0.05) is 12.2 Å². The lowest BCUT2D eigenvalue weighted by atomic mass is 9.82. The number of benzene rings is 2. The van der Waals surface area contributed by atoms with E-state index in [0.29, 0.717) is 0 Å². The molecule has 4 rings (SSSR count). The molecule has 1 saturated carbocycles. The summed E-state index contributed by atoms with van der Waals surface area (Å²) in [5.41, 5.74) is 9.66. The standard InChI is InChI=1S/C21H24N4O.2ClH/c22-21(12-4-1-5-13-21)20(26)24-17-10-8-16(9-11-17)14-25-15-23-18-6-2-3-7-19(18)25;;/h2-3,6-11,15H,1,4-5,12-14,22H2,(H,24,26);2*1H. The van der Waals surface area contributed by atoms with Gasteiger partial charge in [-0.1, -0.05) is 43.5 Å². The van der Waals surface area contributed by atoms with E-state index in [9.17, 15) is 4.79 Å². The van der Waals surface area contributed by atoms with Gasteiger partial charge in [-0.25, -0.2) is 4.98 Å². The quantitative estimate of drug-likeness (QED) is 0.650. The Balaban J connectivity index is 0.00000140. The van der Waals surface area contributed by atoms with Crippen LogP contribution < -0.4 is 11.1 Å². The molecule has 0 bridgehead atoms. The maximum absolute atomic E-state index is 12.5. The number of imidazole rings is 1. The number of rotatable bonds is 4. The zero-order valence-corrected chi connectivity index (χ0v) is 17.3. The Labute approximate surface area is 177 Å². The van der Waals surface area contributed by atoms with E-state index in [1.807, 2.05) is 48.8 Å². The fourth-order valence-corrected chi connectivity index (χ4v) is 3.69. The van der Waals surface area contributed by atoms with Crippen LogP contribution in [0.5, 0.6) is 0 Å². The fourth-order valence-electron chi connectivity index (χ4n) is 3.69. The van der Waals surface area contributed by atoms with Crippen LogP contribution in [-0.2, 0) is 11.3 Å². The maximum Gasteiger partial charge on any atom is 0.244 e. The third-order valence-corrected chi connectivity index (χ3v) is 5.29.